The minimum atomic E-state index is 0.321. The van der Waals surface area contributed by atoms with Gasteiger partial charge in [-0.05, 0) is 44.2 Å². The predicted molar refractivity (Wildman–Crippen MR) is 119 cm³/mol. The van der Waals surface area contributed by atoms with Crippen molar-refractivity contribution in [2.75, 3.05) is 10.6 Å². The van der Waals surface area contributed by atoms with E-state index in [1.54, 1.807) is 12.4 Å². The van der Waals surface area contributed by atoms with Crippen molar-refractivity contribution in [1.29, 1.82) is 5.26 Å². The second-order valence-electron chi connectivity index (χ2n) is 7.85. The van der Waals surface area contributed by atoms with Gasteiger partial charge in [-0.2, -0.15) is 10.4 Å². The molecule has 1 aliphatic heterocycles. The summed E-state index contributed by atoms with van der Waals surface area (Å²) >= 11 is 0. The van der Waals surface area contributed by atoms with Crippen LogP contribution in [0.25, 0.3) is 10.9 Å². The molecule has 1 aliphatic rings. The van der Waals surface area contributed by atoms with E-state index in [4.69, 9.17) is 10.2 Å². The Hall–Kier alpha value is -3.18. The summed E-state index contributed by atoms with van der Waals surface area (Å²) in [5.41, 5.74) is 0.892. The summed E-state index contributed by atoms with van der Waals surface area (Å²) in [6, 6.07) is 11.3. The highest BCUT2D eigenvalue weighted by Crippen LogP contribution is 2.28. The minimum absolute atomic E-state index is 0.321. The lowest BCUT2D eigenvalue weighted by Crippen LogP contribution is -2.49. The van der Waals surface area contributed by atoms with Gasteiger partial charge in [-0.1, -0.05) is 6.92 Å². The van der Waals surface area contributed by atoms with E-state index >= 15 is 0 Å². The number of anilines is 3. The van der Waals surface area contributed by atoms with Crippen LogP contribution in [0.5, 0.6) is 0 Å². The molecule has 0 radical (unpaired) electrons. The average molecular weight is 405 g/mol. The van der Waals surface area contributed by atoms with Crippen LogP contribution >= 0.6 is 0 Å². The van der Waals surface area contributed by atoms with Crippen LogP contribution in [-0.2, 0) is 0 Å². The third kappa shape index (κ3) is 4.86. The van der Waals surface area contributed by atoms with Gasteiger partial charge >= 0.3 is 0 Å². The van der Waals surface area contributed by atoms with Gasteiger partial charge in [0.05, 0.1) is 17.8 Å². The molecule has 3 aromatic rings. The fraction of sp³-hybridized carbons (Fsp3) is 0.455. The molecule has 0 spiro atoms. The van der Waals surface area contributed by atoms with Gasteiger partial charge in [0, 0.05) is 48.3 Å². The number of aromatic amines is 1. The summed E-state index contributed by atoms with van der Waals surface area (Å²) in [6.07, 6.45) is 9.24. The first-order chi connectivity index (χ1) is 14.7. The first-order valence-corrected chi connectivity index (χ1v) is 10.7. The number of unbranched alkanes of at least 4 members (excludes halogenated alkanes) is 1. The monoisotopic (exact) mass is 404 g/mol. The molecule has 0 bridgehead atoms. The molecule has 1 saturated heterocycles. The van der Waals surface area contributed by atoms with Crippen LogP contribution < -0.4 is 16.0 Å². The number of piperidine rings is 1. The number of aromatic nitrogens is 4. The number of fused-ring (bicyclic) bond motifs is 1. The van der Waals surface area contributed by atoms with E-state index in [0.717, 1.165) is 60.5 Å². The molecule has 1 fully saturated rings. The van der Waals surface area contributed by atoms with Gasteiger partial charge in [-0.3, -0.25) is 10.1 Å². The van der Waals surface area contributed by atoms with Crippen molar-refractivity contribution in [2.45, 2.75) is 63.6 Å². The van der Waals surface area contributed by atoms with Gasteiger partial charge in [-0.25, -0.2) is 4.98 Å². The van der Waals surface area contributed by atoms with Crippen molar-refractivity contribution in [3.05, 3.63) is 36.7 Å². The van der Waals surface area contributed by atoms with E-state index in [2.05, 4.69) is 50.2 Å². The molecule has 30 heavy (non-hydrogen) atoms. The standard InChI is InChI=1S/C22H28N8/c1-2-15-12-17(13-16(26-15)6-3-4-9-23)27-22-18-7-5-10-24-19(18)14-21(29-22)28-20-8-11-25-30-20/h5,7-8,10-11,14-17,26H,2-4,6,12-13H2,1H3,(H3,25,27,28,29,30)/t15?,16-,17?/m1/s1. The number of nitrogens with one attached hydrogen (secondary N) is 4. The molecule has 4 heterocycles. The van der Waals surface area contributed by atoms with E-state index in [1.807, 2.05) is 18.2 Å². The highest BCUT2D eigenvalue weighted by molar-refractivity contribution is 5.91. The Kier molecular flexibility index (Phi) is 6.40. The number of H-pyrrole nitrogens is 1. The summed E-state index contributed by atoms with van der Waals surface area (Å²) in [6.45, 7) is 2.22. The lowest BCUT2D eigenvalue weighted by molar-refractivity contribution is 0.282. The summed E-state index contributed by atoms with van der Waals surface area (Å²) in [7, 11) is 0. The van der Waals surface area contributed by atoms with E-state index in [1.165, 1.54) is 0 Å². The summed E-state index contributed by atoms with van der Waals surface area (Å²) in [4.78, 5) is 9.38. The maximum atomic E-state index is 8.85. The summed E-state index contributed by atoms with van der Waals surface area (Å²) in [5.74, 6) is 2.36. The Balaban J connectivity index is 1.56. The van der Waals surface area contributed by atoms with E-state index in [-0.39, 0.29) is 0 Å². The van der Waals surface area contributed by atoms with Gasteiger partial charge in [0.2, 0.25) is 0 Å². The Morgan fingerprint density at radius 1 is 1.23 bits per heavy atom. The first kappa shape index (κ1) is 20.1. The third-order valence-corrected chi connectivity index (χ3v) is 5.65. The Bertz CT molecular complexity index is 994. The van der Waals surface area contributed by atoms with Crippen molar-refractivity contribution in [3.63, 3.8) is 0 Å². The number of pyridine rings is 2. The van der Waals surface area contributed by atoms with Crippen LogP contribution in [0.3, 0.4) is 0 Å². The van der Waals surface area contributed by atoms with Crippen LogP contribution in [0.1, 0.15) is 45.4 Å². The molecule has 0 amide bonds. The van der Waals surface area contributed by atoms with Crippen LogP contribution in [0.4, 0.5) is 17.5 Å². The molecule has 3 aromatic heterocycles. The van der Waals surface area contributed by atoms with Crippen LogP contribution in [-0.4, -0.2) is 38.3 Å². The van der Waals surface area contributed by atoms with Gasteiger partial charge in [0.15, 0.2) is 0 Å². The molecule has 156 valence electrons. The predicted octanol–water partition coefficient (Wildman–Crippen LogP) is 4.10. The van der Waals surface area contributed by atoms with E-state index < -0.39 is 0 Å². The summed E-state index contributed by atoms with van der Waals surface area (Å²) < 4.78 is 0. The zero-order chi connectivity index (χ0) is 20.8. The maximum absolute atomic E-state index is 8.85. The van der Waals surface area contributed by atoms with E-state index in [9.17, 15) is 0 Å². The number of nitriles is 1. The summed E-state index contributed by atoms with van der Waals surface area (Å²) in [5, 5.41) is 27.5. The molecule has 2 unspecified atom stereocenters. The quantitative estimate of drug-likeness (QED) is 0.418. The molecule has 0 aromatic carbocycles. The molecular formula is C22H28N8. The van der Waals surface area contributed by atoms with Crippen molar-refractivity contribution in [1.82, 2.24) is 25.5 Å². The molecule has 0 aliphatic carbocycles. The fourth-order valence-corrected chi connectivity index (χ4v) is 4.19. The lowest BCUT2D eigenvalue weighted by Gasteiger charge is -2.37. The first-order valence-electron chi connectivity index (χ1n) is 10.7. The van der Waals surface area contributed by atoms with Crippen LogP contribution in [0, 0.1) is 11.3 Å². The molecule has 4 N–H and O–H groups in total. The SMILES string of the molecule is CCC1CC(Nc2nc(Nc3ccn[nH]3)cc3ncccc23)C[C@@H](CCCC#N)N1. The normalized spacial score (nSPS) is 21.3. The zero-order valence-corrected chi connectivity index (χ0v) is 17.2. The Labute approximate surface area is 176 Å². The number of hydrogen-bond acceptors (Lipinski definition) is 7. The van der Waals surface area contributed by atoms with Crippen molar-refractivity contribution in [2.24, 2.45) is 0 Å². The molecular weight excluding hydrogens is 376 g/mol. The highest BCUT2D eigenvalue weighted by atomic mass is 15.2. The molecule has 0 saturated carbocycles. The average Bonchev–Trinajstić information content (AvgIpc) is 3.27. The number of hydrogen-bond donors (Lipinski definition) is 4. The maximum Gasteiger partial charge on any atom is 0.138 e. The fourth-order valence-electron chi connectivity index (χ4n) is 4.19. The Morgan fingerprint density at radius 3 is 2.93 bits per heavy atom. The topological polar surface area (TPSA) is 114 Å². The Morgan fingerprint density at radius 2 is 2.13 bits per heavy atom. The van der Waals surface area contributed by atoms with Gasteiger partial charge in [0.25, 0.3) is 0 Å². The van der Waals surface area contributed by atoms with Crippen molar-refractivity contribution < 1.29 is 0 Å². The molecule has 4 rings (SSSR count). The van der Waals surface area contributed by atoms with Crippen molar-refractivity contribution in [3.8, 4) is 6.07 Å². The van der Waals surface area contributed by atoms with Crippen LogP contribution in [0.2, 0.25) is 0 Å². The molecule has 3 atom stereocenters. The number of nitrogens with zero attached hydrogens (tertiary/aromatic N) is 4. The smallest absolute Gasteiger partial charge is 0.138 e. The van der Waals surface area contributed by atoms with E-state index in [0.29, 0.717) is 24.5 Å². The van der Waals surface area contributed by atoms with Crippen molar-refractivity contribution >= 4 is 28.4 Å². The highest BCUT2D eigenvalue weighted by Gasteiger charge is 2.27. The lowest BCUT2D eigenvalue weighted by atomic mass is 9.90. The second-order valence-corrected chi connectivity index (χ2v) is 7.85. The largest absolute Gasteiger partial charge is 0.367 e. The zero-order valence-electron chi connectivity index (χ0n) is 17.2. The second kappa shape index (κ2) is 9.55. The minimum Gasteiger partial charge on any atom is -0.367 e. The molecule has 8 heteroatoms. The van der Waals surface area contributed by atoms with Gasteiger partial charge in [0.1, 0.15) is 17.5 Å². The van der Waals surface area contributed by atoms with Gasteiger partial charge in [-0.15, -0.1) is 0 Å². The third-order valence-electron chi connectivity index (χ3n) is 5.65. The number of rotatable bonds is 8. The van der Waals surface area contributed by atoms with Crippen LogP contribution in [0.15, 0.2) is 36.7 Å². The van der Waals surface area contributed by atoms with Gasteiger partial charge < -0.3 is 16.0 Å². The molecule has 8 nitrogen and oxygen atoms in total.